The van der Waals surface area contributed by atoms with Gasteiger partial charge < -0.3 is 9.84 Å². The number of cyclic esters (lactones) is 2. The molecule has 14 heavy (non-hydrogen) atoms. The Morgan fingerprint density at radius 1 is 1.43 bits per heavy atom. The Bertz CT molecular complexity index is 284. The van der Waals surface area contributed by atoms with Gasteiger partial charge in [0.05, 0.1) is 0 Å². The summed E-state index contributed by atoms with van der Waals surface area (Å²) in [5.41, 5.74) is 0.264. The molecule has 0 atom stereocenters. The minimum atomic E-state index is -0.900. The minimum absolute atomic E-state index is 0.264. The van der Waals surface area contributed by atoms with Crippen molar-refractivity contribution < 1.29 is 24.2 Å². The van der Waals surface area contributed by atoms with Gasteiger partial charge in [-0.3, -0.25) is 0 Å². The lowest BCUT2D eigenvalue weighted by atomic mass is 10.2. The highest BCUT2D eigenvalue weighted by molar-refractivity contribution is 6.04. The van der Waals surface area contributed by atoms with Crippen molar-refractivity contribution in [2.24, 2.45) is 0 Å². The van der Waals surface area contributed by atoms with E-state index in [1.54, 1.807) is 6.92 Å². The lowest BCUT2D eigenvalue weighted by Gasteiger charge is -1.87. The van der Waals surface area contributed by atoms with E-state index in [2.05, 4.69) is 11.3 Å². The Labute approximate surface area is 80.7 Å². The van der Waals surface area contributed by atoms with Gasteiger partial charge in [0.2, 0.25) is 0 Å². The molecular formula is C9H10O5. The van der Waals surface area contributed by atoms with Crippen LogP contribution in [0.15, 0.2) is 24.3 Å². The monoisotopic (exact) mass is 198 g/mol. The van der Waals surface area contributed by atoms with Gasteiger partial charge in [0.25, 0.3) is 0 Å². The second kappa shape index (κ2) is 5.69. The molecule has 1 aliphatic heterocycles. The summed E-state index contributed by atoms with van der Waals surface area (Å²) >= 11 is 0. The first-order valence-electron chi connectivity index (χ1n) is 3.82. The highest BCUT2D eigenvalue weighted by Gasteiger charge is 2.10. The zero-order chi connectivity index (χ0) is 11.1. The van der Waals surface area contributed by atoms with Crippen molar-refractivity contribution in [2.45, 2.75) is 13.3 Å². The Balaban J connectivity index is 0.000000241. The van der Waals surface area contributed by atoms with Crippen LogP contribution in [0.5, 0.6) is 0 Å². The smallest absolute Gasteiger partial charge is 0.338 e. The van der Waals surface area contributed by atoms with Gasteiger partial charge in [-0.15, -0.1) is 0 Å². The molecule has 1 rings (SSSR count). The zero-order valence-corrected chi connectivity index (χ0v) is 7.65. The van der Waals surface area contributed by atoms with E-state index in [0.717, 1.165) is 12.2 Å². The average molecular weight is 198 g/mol. The first kappa shape index (κ1) is 12.1. The van der Waals surface area contributed by atoms with E-state index in [1.807, 2.05) is 0 Å². The first-order chi connectivity index (χ1) is 6.47. The Hall–Kier alpha value is -1.91. The number of carbonyl (C=O) groups is 3. The van der Waals surface area contributed by atoms with Crippen molar-refractivity contribution in [1.82, 2.24) is 0 Å². The molecule has 76 valence electrons. The normalized spacial score (nSPS) is 12.9. The molecule has 0 aromatic rings. The number of carboxylic acids is 1. The summed E-state index contributed by atoms with van der Waals surface area (Å²) in [4.78, 5) is 29.7. The van der Waals surface area contributed by atoms with E-state index in [1.165, 1.54) is 0 Å². The van der Waals surface area contributed by atoms with Crippen LogP contribution in [0.25, 0.3) is 0 Å². The maximum atomic E-state index is 9.92. The Morgan fingerprint density at radius 2 is 1.86 bits per heavy atom. The van der Waals surface area contributed by atoms with E-state index >= 15 is 0 Å². The van der Waals surface area contributed by atoms with E-state index in [9.17, 15) is 14.4 Å². The molecule has 0 amide bonds. The highest BCUT2D eigenvalue weighted by Crippen LogP contribution is 1.93. The van der Waals surface area contributed by atoms with Gasteiger partial charge in [0.15, 0.2) is 0 Å². The third kappa shape index (κ3) is 4.87. The van der Waals surface area contributed by atoms with Crippen molar-refractivity contribution in [3.8, 4) is 0 Å². The van der Waals surface area contributed by atoms with Crippen LogP contribution in [0.2, 0.25) is 0 Å². The topological polar surface area (TPSA) is 80.7 Å². The van der Waals surface area contributed by atoms with Gasteiger partial charge in [-0.25, -0.2) is 14.4 Å². The summed E-state index contributed by atoms with van der Waals surface area (Å²) in [5, 5.41) is 8.08. The van der Waals surface area contributed by atoms with E-state index in [4.69, 9.17) is 5.11 Å². The molecule has 0 bridgehead atoms. The molecular weight excluding hydrogens is 188 g/mol. The van der Waals surface area contributed by atoms with Gasteiger partial charge >= 0.3 is 17.9 Å². The lowest BCUT2D eigenvalue weighted by Crippen LogP contribution is -1.96. The second-order valence-electron chi connectivity index (χ2n) is 2.34. The maximum absolute atomic E-state index is 9.92. The molecule has 0 aliphatic carbocycles. The largest absolute Gasteiger partial charge is 0.478 e. The molecule has 5 nitrogen and oxygen atoms in total. The number of hydrogen-bond donors (Lipinski definition) is 1. The van der Waals surface area contributed by atoms with Crippen LogP contribution in [0, 0.1) is 0 Å². The summed E-state index contributed by atoms with van der Waals surface area (Å²) in [5.74, 6) is -2.06. The summed E-state index contributed by atoms with van der Waals surface area (Å²) in [6.45, 7) is 5.03. The SMILES string of the molecule is C=C(CC)C(=O)O.O=C1C=CC(=O)O1. The number of hydrogen-bond acceptors (Lipinski definition) is 4. The number of carbonyl (C=O) groups excluding carboxylic acids is 2. The van der Waals surface area contributed by atoms with Crippen LogP contribution < -0.4 is 0 Å². The first-order valence-corrected chi connectivity index (χ1v) is 3.82. The molecule has 5 heteroatoms. The highest BCUT2D eigenvalue weighted by atomic mass is 16.6. The van der Waals surface area contributed by atoms with Crippen molar-refractivity contribution in [2.75, 3.05) is 0 Å². The molecule has 1 aliphatic rings. The fourth-order valence-electron chi connectivity index (χ4n) is 0.454. The predicted molar refractivity (Wildman–Crippen MR) is 47.3 cm³/mol. The molecule has 0 saturated heterocycles. The number of aliphatic carboxylic acids is 1. The van der Waals surface area contributed by atoms with Gasteiger partial charge in [-0.05, 0) is 6.42 Å². The third-order valence-corrected chi connectivity index (χ3v) is 1.29. The average Bonchev–Trinajstić information content (AvgIpc) is 2.49. The fraction of sp³-hybridized carbons (Fsp3) is 0.222. The van der Waals surface area contributed by atoms with Crippen LogP contribution in [0.1, 0.15) is 13.3 Å². The fourth-order valence-corrected chi connectivity index (χ4v) is 0.454. The molecule has 1 N–H and O–H groups in total. The van der Waals surface area contributed by atoms with Gasteiger partial charge in [0.1, 0.15) is 0 Å². The molecule has 0 spiro atoms. The van der Waals surface area contributed by atoms with Gasteiger partial charge in [0, 0.05) is 17.7 Å². The van der Waals surface area contributed by atoms with Crippen LogP contribution in [-0.4, -0.2) is 23.0 Å². The minimum Gasteiger partial charge on any atom is -0.478 e. The Kier molecular flexibility index (Phi) is 4.91. The molecule has 1 heterocycles. The summed E-state index contributed by atoms with van der Waals surface area (Å²) < 4.78 is 3.97. The van der Waals surface area contributed by atoms with Gasteiger partial charge in [-0.2, -0.15) is 0 Å². The number of ether oxygens (including phenoxy) is 1. The van der Waals surface area contributed by atoms with Crippen molar-refractivity contribution in [3.63, 3.8) is 0 Å². The molecule has 0 saturated carbocycles. The van der Waals surface area contributed by atoms with Crippen molar-refractivity contribution in [3.05, 3.63) is 24.3 Å². The van der Waals surface area contributed by atoms with Crippen LogP contribution in [-0.2, 0) is 19.1 Å². The quantitative estimate of drug-likeness (QED) is 0.400. The van der Waals surface area contributed by atoms with Crippen LogP contribution in [0.3, 0.4) is 0 Å². The zero-order valence-electron chi connectivity index (χ0n) is 7.65. The van der Waals surface area contributed by atoms with Gasteiger partial charge in [-0.1, -0.05) is 13.5 Å². The van der Waals surface area contributed by atoms with E-state index in [-0.39, 0.29) is 5.57 Å². The maximum Gasteiger partial charge on any atom is 0.338 e. The van der Waals surface area contributed by atoms with Crippen LogP contribution in [0.4, 0.5) is 0 Å². The Morgan fingerprint density at radius 3 is 1.93 bits per heavy atom. The molecule has 0 unspecified atom stereocenters. The van der Waals surface area contributed by atoms with E-state index in [0.29, 0.717) is 6.42 Å². The van der Waals surface area contributed by atoms with Crippen LogP contribution >= 0.6 is 0 Å². The lowest BCUT2D eigenvalue weighted by molar-refractivity contribution is -0.150. The predicted octanol–water partition coefficient (Wildman–Crippen LogP) is 0.663. The summed E-state index contributed by atoms with van der Waals surface area (Å²) in [6.07, 6.45) is 2.69. The number of esters is 2. The molecule has 0 aromatic heterocycles. The number of rotatable bonds is 2. The molecule has 0 radical (unpaired) electrons. The number of carboxylic acid groups (broad SMARTS) is 1. The second-order valence-corrected chi connectivity index (χ2v) is 2.34. The standard InChI is InChI=1S/C5H8O2.C4H2O3/c1-3-4(2)5(6)7;5-3-1-2-4(6)7-3/h2-3H2,1H3,(H,6,7);1-2H. The third-order valence-electron chi connectivity index (χ3n) is 1.29. The summed E-state index contributed by atoms with van der Waals surface area (Å²) in [6, 6.07) is 0. The van der Waals surface area contributed by atoms with Crippen molar-refractivity contribution in [1.29, 1.82) is 0 Å². The molecule has 0 aromatic carbocycles. The summed E-state index contributed by atoms with van der Waals surface area (Å²) in [7, 11) is 0. The van der Waals surface area contributed by atoms with E-state index < -0.39 is 17.9 Å². The van der Waals surface area contributed by atoms with Crippen molar-refractivity contribution >= 4 is 17.9 Å². The molecule has 0 fully saturated rings.